The Morgan fingerprint density at radius 3 is 2.71 bits per heavy atom. The summed E-state index contributed by atoms with van der Waals surface area (Å²) in [6.45, 7) is 4.79. The summed E-state index contributed by atoms with van der Waals surface area (Å²) < 4.78 is 5.59. The van der Waals surface area contributed by atoms with Crippen LogP contribution in [0.25, 0.3) is 0 Å². The molecule has 0 spiro atoms. The molecule has 0 fully saturated rings. The van der Waals surface area contributed by atoms with Gasteiger partial charge in [0.25, 0.3) is 0 Å². The minimum absolute atomic E-state index is 0.732. The van der Waals surface area contributed by atoms with E-state index in [2.05, 4.69) is 12.2 Å². The van der Waals surface area contributed by atoms with Crippen molar-refractivity contribution in [3.05, 3.63) is 22.7 Å². The minimum atomic E-state index is 0.732. The molecule has 14 heavy (non-hydrogen) atoms. The van der Waals surface area contributed by atoms with Crippen molar-refractivity contribution in [3.63, 3.8) is 0 Å². The summed E-state index contributed by atoms with van der Waals surface area (Å²) in [5, 5.41) is 3.83. The van der Waals surface area contributed by atoms with E-state index in [-0.39, 0.29) is 0 Å². The van der Waals surface area contributed by atoms with E-state index in [1.54, 1.807) is 0 Å². The van der Waals surface area contributed by atoms with Gasteiger partial charge in [-0.05, 0) is 31.0 Å². The molecule has 1 N–H and O–H groups in total. The Kier molecular flexibility index (Phi) is 4.08. The number of hydrogen-bond acceptors (Lipinski definition) is 2. The van der Waals surface area contributed by atoms with Gasteiger partial charge in [-0.2, -0.15) is 0 Å². The molecular weight excluding hydrogens is 198 g/mol. The van der Waals surface area contributed by atoms with Crippen LogP contribution in [0.3, 0.4) is 0 Å². The SMILES string of the molecule is CCCOc1cc(C)c(Cl)cc1NC. The lowest BCUT2D eigenvalue weighted by molar-refractivity contribution is 0.319. The zero-order valence-electron chi connectivity index (χ0n) is 8.86. The minimum Gasteiger partial charge on any atom is -0.491 e. The lowest BCUT2D eigenvalue weighted by atomic mass is 10.2. The van der Waals surface area contributed by atoms with Gasteiger partial charge in [0.2, 0.25) is 0 Å². The van der Waals surface area contributed by atoms with Crippen LogP contribution in [0.15, 0.2) is 12.1 Å². The lowest BCUT2D eigenvalue weighted by Crippen LogP contribution is -2.00. The molecule has 1 aromatic carbocycles. The van der Waals surface area contributed by atoms with Crippen molar-refractivity contribution in [2.24, 2.45) is 0 Å². The highest BCUT2D eigenvalue weighted by atomic mass is 35.5. The fourth-order valence-electron chi connectivity index (χ4n) is 1.18. The number of halogens is 1. The normalized spacial score (nSPS) is 10.0. The van der Waals surface area contributed by atoms with Crippen LogP contribution in [0.1, 0.15) is 18.9 Å². The van der Waals surface area contributed by atoms with E-state index < -0.39 is 0 Å². The van der Waals surface area contributed by atoms with Crippen LogP contribution >= 0.6 is 11.6 Å². The molecule has 1 aromatic rings. The van der Waals surface area contributed by atoms with E-state index in [1.807, 2.05) is 26.1 Å². The number of hydrogen-bond donors (Lipinski definition) is 1. The third kappa shape index (κ3) is 2.55. The van der Waals surface area contributed by atoms with Gasteiger partial charge < -0.3 is 10.1 Å². The number of nitrogens with one attached hydrogen (secondary N) is 1. The first kappa shape index (κ1) is 11.2. The first-order valence-corrected chi connectivity index (χ1v) is 5.17. The number of aryl methyl sites for hydroxylation is 1. The van der Waals surface area contributed by atoms with E-state index in [9.17, 15) is 0 Å². The highest BCUT2D eigenvalue weighted by Gasteiger charge is 2.05. The third-order valence-corrected chi connectivity index (χ3v) is 2.40. The number of ether oxygens (including phenoxy) is 1. The van der Waals surface area contributed by atoms with Gasteiger partial charge in [-0.15, -0.1) is 0 Å². The van der Waals surface area contributed by atoms with Crippen LogP contribution in [0.4, 0.5) is 5.69 Å². The molecule has 0 aliphatic heterocycles. The van der Waals surface area contributed by atoms with Gasteiger partial charge >= 0.3 is 0 Å². The van der Waals surface area contributed by atoms with E-state index in [4.69, 9.17) is 16.3 Å². The largest absolute Gasteiger partial charge is 0.491 e. The molecule has 0 saturated heterocycles. The van der Waals surface area contributed by atoms with Gasteiger partial charge in [-0.3, -0.25) is 0 Å². The Morgan fingerprint density at radius 1 is 1.43 bits per heavy atom. The summed E-state index contributed by atoms with van der Waals surface area (Å²) in [7, 11) is 1.86. The van der Waals surface area contributed by atoms with Gasteiger partial charge in [-0.1, -0.05) is 18.5 Å². The second-order valence-electron chi connectivity index (χ2n) is 3.20. The number of benzene rings is 1. The fourth-order valence-corrected chi connectivity index (χ4v) is 1.35. The van der Waals surface area contributed by atoms with Crippen LogP contribution in [-0.4, -0.2) is 13.7 Å². The van der Waals surface area contributed by atoms with Crippen molar-refractivity contribution in [1.82, 2.24) is 0 Å². The highest BCUT2D eigenvalue weighted by Crippen LogP contribution is 2.30. The molecule has 0 heterocycles. The van der Waals surface area contributed by atoms with Crippen molar-refractivity contribution in [2.75, 3.05) is 19.0 Å². The second kappa shape index (κ2) is 5.11. The van der Waals surface area contributed by atoms with Crippen LogP contribution in [0.2, 0.25) is 5.02 Å². The lowest BCUT2D eigenvalue weighted by Gasteiger charge is -2.12. The molecule has 0 aromatic heterocycles. The van der Waals surface area contributed by atoms with Gasteiger partial charge in [0.15, 0.2) is 0 Å². The standard InChI is InChI=1S/C11H16ClNO/c1-4-5-14-11-6-8(2)9(12)7-10(11)13-3/h6-7,13H,4-5H2,1-3H3. The molecule has 0 radical (unpaired) electrons. The molecule has 3 heteroatoms. The summed E-state index contributed by atoms with van der Waals surface area (Å²) in [5.74, 6) is 0.872. The fraction of sp³-hybridized carbons (Fsp3) is 0.455. The van der Waals surface area contributed by atoms with E-state index in [0.717, 1.165) is 35.1 Å². The van der Waals surface area contributed by atoms with Crippen molar-refractivity contribution in [1.29, 1.82) is 0 Å². The van der Waals surface area contributed by atoms with Crippen LogP contribution < -0.4 is 10.1 Å². The predicted octanol–water partition coefficient (Wildman–Crippen LogP) is 3.48. The Morgan fingerprint density at radius 2 is 2.14 bits per heavy atom. The number of anilines is 1. The van der Waals surface area contributed by atoms with Crippen molar-refractivity contribution in [2.45, 2.75) is 20.3 Å². The zero-order valence-corrected chi connectivity index (χ0v) is 9.61. The van der Waals surface area contributed by atoms with Crippen LogP contribution in [0, 0.1) is 6.92 Å². The van der Waals surface area contributed by atoms with Crippen molar-refractivity contribution < 1.29 is 4.74 Å². The monoisotopic (exact) mass is 213 g/mol. The summed E-state index contributed by atoms with van der Waals surface area (Å²) in [5.41, 5.74) is 1.98. The van der Waals surface area contributed by atoms with Crippen LogP contribution in [0.5, 0.6) is 5.75 Å². The quantitative estimate of drug-likeness (QED) is 0.827. The Labute approximate surface area is 90.2 Å². The Bertz CT molecular complexity index is 312. The Hall–Kier alpha value is -0.890. The molecule has 1 rings (SSSR count). The molecular formula is C11H16ClNO. The first-order chi connectivity index (χ1) is 6.69. The van der Waals surface area contributed by atoms with Crippen molar-refractivity contribution in [3.8, 4) is 5.75 Å². The average molecular weight is 214 g/mol. The molecule has 2 nitrogen and oxygen atoms in total. The van der Waals surface area contributed by atoms with E-state index >= 15 is 0 Å². The van der Waals surface area contributed by atoms with Crippen molar-refractivity contribution >= 4 is 17.3 Å². The first-order valence-electron chi connectivity index (χ1n) is 4.79. The van der Waals surface area contributed by atoms with Gasteiger partial charge in [0.1, 0.15) is 5.75 Å². The predicted molar refractivity (Wildman–Crippen MR) is 61.5 cm³/mol. The summed E-state index contributed by atoms with van der Waals surface area (Å²) >= 11 is 6.00. The molecule has 0 atom stereocenters. The average Bonchev–Trinajstić information content (AvgIpc) is 2.19. The van der Waals surface area contributed by atoms with Gasteiger partial charge in [-0.25, -0.2) is 0 Å². The second-order valence-corrected chi connectivity index (χ2v) is 3.60. The summed E-state index contributed by atoms with van der Waals surface area (Å²) in [6.07, 6.45) is 1.00. The highest BCUT2D eigenvalue weighted by molar-refractivity contribution is 6.31. The number of rotatable bonds is 4. The van der Waals surface area contributed by atoms with E-state index in [1.165, 1.54) is 0 Å². The van der Waals surface area contributed by atoms with Gasteiger partial charge in [0, 0.05) is 12.1 Å². The maximum Gasteiger partial charge on any atom is 0.142 e. The molecule has 78 valence electrons. The molecule has 0 unspecified atom stereocenters. The third-order valence-electron chi connectivity index (χ3n) is 1.99. The molecule has 0 bridgehead atoms. The summed E-state index contributed by atoms with van der Waals surface area (Å²) in [6, 6.07) is 3.85. The van der Waals surface area contributed by atoms with E-state index in [0.29, 0.717) is 0 Å². The molecule has 0 saturated carbocycles. The van der Waals surface area contributed by atoms with Gasteiger partial charge in [0.05, 0.1) is 12.3 Å². The maximum atomic E-state index is 6.00. The summed E-state index contributed by atoms with van der Waals surface area (Å²) in [4.78, 5) is 0. The zero-order chi connectivity index (χ0) is 10.6. The maximum absolute atomic E-state index is 6.00. The topological polar surface area (TPSA) is 21.3 Å². The molecule has 0 aliphatic carbocycles. The molecule has 0 amide bonds. The van der Waals surface area contributed by atoms with Crippen LogP contribution in [-0.2, 0) is 0 Å². The smallest absolute Gasteiger partial charge is 0.142 e. The Balaban J connectivity index is 2.95. The molecule has 0 aliphatic rings.